The van der Waals surface area contributed by atoms with Crippen LogP contribution in [0.1, 0.15) is 56.2 Å². The second kappa shape index (κ2) is 18.6. The minimum absolute atomic E-state index is 0.0955. The fourth-order valence-electron chi connectivity index (χ4n) is 8.34. The van der Waals surface area contributed by atoms with Gasteiger partial charge < -0.3 is 42.4 Å². The number of benzene rings is 4. The molecule has 1 N–H and O–H groups in total. The highest BCUT2D eigenvalue weighted by Crippen LogP contribution is 2.45. The first-order valence-electron chi connectivity index (χ1n) is 20.2. The van der Waals surface area contributed by atoms with E-state index >= 15 is 0 Å². The van der Waals surface area contributed by atoms with Crippen molar-refractivity contribution in [3.8, 4) is 6.07 Å². The zero-order valence-electron chi connectivity index (χ0n) is 33.6. The molecule has 3 fully saturated rings. The number of hydrogen-bond donors (Lipinski definition) is 1. The number of aliphatic hydroxyl groups excluding tert-OH is 1. The Morgan fingerprint density at radius 1 is 0.807 bits per heavy atom. The van der Waals surface area contributed by atoms with Gasteiger partial charge in [-0.25, -0.2) is 0 Å². The van der Waals surface area contributed by atoms with Gasteiger partial charge in [0.1, 0.15) is 17.8 Å². The molecule has 57 heavy (non-hydrogen) atoms. The molecule has 3 aliphatic heterocycles. The van der Waals surface area contributed by atoms with Gasteiger partial charge in [-0.05, 0) is 60.5 Å². The molecule has 1 unspecified atom stereocenters. The Kier molecular flexibility index (Phi) is 13.6. The summed E-state index contributed by atoms with van der Waals surface area (Å²) in [5, 5.41) is 23.2. The molecule has 10 nitrogen and oxygen atoms in total. The zero-order chi connectivity index (χ0) is 39.9. The van der Waals surface area contributed by atoms with E-state index < -0.39 is 50.3 Å². The highest BCUT2D eigenvalue weighted by molar-refractivity contribution is 6.64. The van der Waals surface area contributed by atoms with Crippen LogP contribution in [-0.4, -0.2) is 87.4 Å². The SMILES string of the molecule is C[C@@]12CO[Si](C)(C)O[C@H]1C[C@@H](OC(C#N)C[C@H]1O[C@@H](COCc3ccccc3)[C@H](OCc3ccccc3)C[C@@H]1OCc1ccc3ccccc3c1)[C@](C)(CCO)O2. The van der Waals surface area contributed by atoms with E-state index in [0.29, 0.717) is 52.3 Å². The number of hydrogen-bond acceptors (Lipinski definition) is 10. The summed E-state index contributed by atoms with van der Waals surface area (Å²) in [4.78, 5) is 0. The van der Waals surface area contributed by atoms with Gasteiger partial charge in [0.2, 0.25) is 0 Å². The van der Waals surface area contributed by atoms with Crippen molar-refractivity contribution in [2.75, 3.05) is 19.8 Å². The van der Waals surface area contributed by atoms with Crippen LogP contribution in [0.3, 0.4) is 0 Å². The average molecular weight is 796 g/mol. The Hall–Kier alpha value is -3.51. The number of nitrogens with zero attached hydrogens (tertiary/aromatic N) is 1. The monoisotopic (exact) mass is 795 g/mol. The molecular formula is C46H57NO9Si. The Labute approximate surface area is 338 Å². The van der Waals surface area contributed by atoms with Gasteiger partial charge >= 0.3 is 8.56 Å². The van der Waals surface area contributed by atoms with Crippen LogP contribution < -0.4 is 0 Å². The molecule has 3 heterocycles. The summed E-state index contributed by atoms with van der Waals surface area (Å²) in [7, 11) is -2.37. The van der Waals surface area contributed by atoms with Crippen molar-refractivity contribution in [1.29, 1.82) is 5.26 Å². The Morgan fingerprint density at radius 2 is 1.46 bits per heavy atom. The molecule has 3 saturated heterocycles. The van der Waals surface area contributed by atoms with Gasteiger partial charge in [-0.1, -0.05) is 97.1 Å². The lowest BCUT2D eigenvalue weighted by Gasteiger charge is -2.57. The first kappa shape index (κ1) is 41.6. The lowest BCUT2D eigenvalue weighted by atomic mass is 9.81. The van der Waals surface area contributed by atoms with Crippen molar-refractivity contribution >= 4 is 19.3 Å². The second-order valence-corrected chi connectivity index (χ2v) is 19.8. The average Bonchev–Trinajstić information content (AvgIpc) is 3.21. The molecule has 0 aromatic heterocycles. The fourth-order valence-corrected chi connectivity index (χ4v) is 10.1. The van der Waals surface area contributed by atoms with Crippen molar-refractivity contribution < 1.29 is 42.4 Å². The predicted molar refractivity (Wildman–Crippen MR) is 218 cm³/mol. The van der Waals surface area contributed by atoms with Gasteiger partial charge in [0.25, 0.3) is 0 Å². The Bertz CT molecular complexity index is 1930. The predicted octanol–water partition coefficient (Wildman–Crippen LogP) is 7.79. The van der Waals surface area contributed by atoms with E-state index in [-0.39, 0.29) is 25.2 Å². The molecule has 4 aromatic rings. The third kappa shape index (κ3) is 10.6. The van der Waals surface area contributed by atoms with Gasteiger partial charge in [-0.3, -0.25) is 0 Å². The maximum Gasteiger partial charge on any atom is 0.332 e. The van der Waals surface area contributed by atoms with Gasteiger partial charge in [0.05, 0.1) is 75.2 Å². The quantitative estimate of drug-likeness (QED) is 0.113. The molecule has 304 valence electrons. The fraction of sp³-hybridized carbons (Fsp3) is 0.500. The van der Waals surface area contributed by atoms with E-state index in [1.807, 2.05) is 99.7 Å². The van der Waals surface area contributed by atoms with E-state index in [1.165, 1.54) is 5.39 Å². The number of nitriles is 1. The maximum absolute atomic E-state index is 10.7. The lowest BCUT2D eigenvalue weighted by molar-refractivity contribution is -0.298. The van der Waals surface area contributed by atoms with Gasteiger partial charge in [0, 0.05) is 32.3 Å². The van der Waals surface area contributed by atoms with Crippen molar-refractivity contribution in [2.45, 2.75) is 126 Å². The van der Waals surface area contributed by atoms with Crippen LogP contribution >= 0.6 is 0 Å². The third-order valence-electron chi connectivity index (χ3n) is 11.5. The minimum atomic E-state index is -2.37. The molecule has 0 amide bonds. The second-order valence-electron chi connectivity index (χ2n) is 16.5. The van der Waals surface area contributed by atoms with E-state index in [0.717, 1.165) is 22.1 Å². The first-order chi connectivity index (χ1) is 27.5. The highest BCUT2D eigenvalue weighted by atomic mass is 28.4. The minimum Gasteiger partial charge on any atom is -0.396 e. The van der Waals surface area contributed by atoms with Gasteiger partial charge in [-0.15, -0.1) is 0 Å². The third-order valence-corrected chi connectivity index (χ3v) is 13.2. The summed E-state index contributed by atoms with van der Waals surface area (Å²) in [6, 6.07) is 37.2. The standard InChI is InChI=1S/C46H57NO9Si/c1-45(21-22-48)43(26-44-46(2,56-45)32-52-57(3,4)55-44)53-38(27-47)24-41-39(51-30-35-19-20-36-17-11-12-18-37(36)23-35)25-40(50-29-34-15-9-6-10-16-34)42(54-41)31-49-28-33-13-7-5-8-14-33/h5-20,23,38-44,48H,21-22,24-26,28-32H2,1-4H3/t38?,39-,40+,41+,42-,43+,44-,45-,46+/m0/s1. The van der Waals surface area contributed by atoms with Crippen molar-refractivity contribution in [3.05, 3.63) is 120 Å². The number of rotatable bonds is 16. The Balaban J connectivity index is 1.12. The van der Waals surface area contributed by atoms with E-state index in [1.54, 1.807) is 0 Å². The summed E-state index contributed by atoms with van der Waals surface area (Å²) in [5.74, 6) is 0. The lowest BCUT2D eigenvalue weighted by Crippen LogP contribution is -2.69. The highest BCUT2D eigenvalue weighted by Gasteiger charge is 2.57. The van der Waals surface area contributed by atoms with E-state index in [4.69, 9.17) is 37.3 Å². The topological polar surface area (TPSA) is 118 Å². The molecule has 4 aromatic carbocycles. The molecule has 0 radical (unpaired) electrons. The number of aliphatic hydroxyl groups is 1. The molecular weight excluding hydrogens is 739 g/mol. The van der Waals surface area contributed by atoms with Crippen LogP contribution in [0.4, 0.5) is 0 Å². The molecule has 0 saturated carbocycles. The summed E-state index contributed by atoms with van der Waals surface area (Å²) < 4.78 is 52.7. The molecule has 0 aliphatic carbocycles. The largest absolute Gasteiger partial charge is 0.396 e. The van der Waals surface area contributed by atoms with Crippen molar-refractivity contribution in [1.82, 2.24) is 0 Å². The normalized spacial score (nSPS) is 30.3. The van der Waals surface area contributed by atoms with Crippen LogP contribution in [0.2, 0.25) is 13.1 Å². The van der Waals surface area contributed by atoms with E-state index in [2.05, 4.69) is 36.4 Å². The summed E-state index contributed by atoms with van der Waals surface area (Å²) >= 11 is 0. The zero-order valence-corrected chi connectivity index (χ0v) is 34.6. The van der Waals surface area contributed by atoms with E-state index in [9.17, 15) is 10.4 Å². The van der Waals surface area contributed by atoms with Crippen molar-refractivity contribution in [3.63, 3.8) is 0 Å². The van der Waals surface area contributed by atoms with Crippen molar-refractivity contribution in [2.24, 2.45) is 0 Å². The summed E-state index contributed by atoms with van der Waals surface area (Å²) in [5.41, 5.74) is 1.59. The van der Waals surface area contributed by atoms with Crippen LogP contribution in [-0.2, 0) is 57.1 Å². The molecule has 3 aliphatic rings. The maximum atomic E-state index is 10.7. The summed E-state index contributed by atoms with van der Waals surface area (Å²) in [6.07, 6.45) is -1.74. The van der Waals surface area contributed by atoms with Crippen LogP contribution in [0.25, 0.3) is 10.8 Å². The number of ether oxygens (including phenoxy) is 6. The van der Waals surface area contributed by atoms with Crippen LogP contribution in [0, 0.1) is 11.3 Å². The van der Waals surface area contributed by atoms with Gasteiger partial charge in [-0.2, -0.15) is 5.26 Å². The molecule has 0 spiro atoms. The molecule has 9 atom stereocenters. The number of fused-ring (bicyclic) bond motifs is 2. The molecule has 11 heteroatoms. The smallest absolute Gasteiger partial charge is 0.332 e. The summed E-state index contributed by atoms with van der Waals surface area (Å²) in [6.45, 7) is 9.80. The first-order valence-corrected chi connectivity index (χ1v) is 23.1. The Morgan fingerprint density at radius 3 is 2.16 bits per heavy atom. The van der Waals surface area contributed by atoms with Crippen LogP contribution in [0.5, 0.6) is 0 Å². The molecule has 0 bridgehead atoms. The van der Waals surface area contributed by atoms with Crippen LogP contribution in [0.15, 0.2) is 103 Å². The van der Waals surface area contributed by atoms with Gasteiger partial charge in [0.15, 0.2) is 0 Å². The molecule has 7 rings (SSSR count).